The van der Waals surface area contributed by atoms with E-state index in [0.29, 0.717) is 17.1 Å². The van der Waals surface area contributed by atoms with E-state index in [2.05, 4.69) is 5.32 Å². The van der Waals surface area contributed by atoms with Crippen molar-refractivity contribution in [3.8, 4) is 0 Å². The van der Waals surface area contributed by atoms with E-state index in [1.54, 1.807) is 24.3 Å². The Kier molecular flexibility index (Phi) is 7.32. The van der Waals surface area contributed by atoms with Crippen molar-refractivity contribution < 1.29 is 15.7 Å². The maximum atomic E-state index is 11.9. The molecule has 0 aromatic heterocycles. The zero-order valence-corrected chi connectivity index (χ0v) is 10.3. The molecule has 0 heterocycles. The van der Waals surface area contributed by atoms with Crippen molar-refractivity contribution in [1.82, 2.24) is 5.32 Å². The molecule has 1 saturated carbocycles. The maximum absolute atomic E-state index is 11.9. The Bertz CT molecular complexity index is 361. The minimum atomic E-state index is 0. The van der Waals surface area contributed by atoms with Crippen LogP contribution in [0.2, 0.25) is 0 Å². The van der Waals surface area contributed by atoms with Crippen LogP contribution in [0.25, 0.3) is 0 Å². The summed E-state index contributed by atoms with van der Waals surface area (Å²) in [6.45, 7) is 0. The predicted molar refractivity (Wildman–Crippen MR) is 70.0 cm³/mol. The Labute approximate surface area is 109 Å². The summed E-state index contributed by atoms with van der Waals surface area (Å²) in [4.78, 5) is 11.9. The standard InChI is InChI=1S/C13H16BNO.2H2O/c14-11-8-6-10(7-9-11)13(16)15-12-4-2-1-3-5-12;;/h6-9,12H,1-5H2,(H,15,16);2*1H2/q+2;;/p-2. The van der Waals surface area contributed by atoms with Gasteiger partial charge in [-0.15, -0.1) is 0 Å². The third-order valence-electron chi connectivity index (χ3n) is 3.11. The van der Waals surface area contributed by atoms with Gasteiger partial charge in [0, 0.05) is 0 Å². The van der Waals surface area contributed by atoms with Crippen LogP contribution in [0.1, 0.15) is 42.5 Å². The summed E-state index contributed by atoms with van der Waals surface area (Å²) in [7, 11) is 5.58. The normalized spacial score (nSPS) is 15.2. The van der Waals surface area contributed by atoms with E-state index < -0.39 is 0 Å². The van der Waals surface area contributed by atoms with Gasteiger partial charge in [0.25, 0.3) is 0 Å². The van der Waals surface area contributed by atoms with Crippen molar-refractivity contribution in [2.45, 2.75) is 38.1 Å². The van der Waals surface area contributed by atoms with Crippen LogP contribution < -0.4 is 10.8 Å². The Morgan fingerprint density at radius 1 is 1.06 bits per heavy atom. The third kappa shape index (κ3) is 4.51. The van der Waals surface area contributed by atoms with E-state index in [1.807, 2.05) is 0 Å². The molecule has 0 bridgehead atoms. The first-order valence-electron chi connectivity index (χ1n) is 5.92. The van der Waals surface area contributed by atoms with Crippen LogP contribution in [0.5, 0.6) is 0 Å². The number of carbonyl (C=O) groups excluding carboxylic acids is 1. The smallest absolute Gasteiger partial charge is 0.870 e. The van der Waals surface area contributed by atoms with Gasteiger partial charge in [0.2, 0.25) is 0 Å². The van der Waals surface area contributed by atoms with Gasteiger partial charge in [0.05, 0.1) is 0 Å². The first-order valence-corrected chi connectivity index (χ1v) is 5.92. The van der Waals surface area contributed by atoms with Crippen LogP contribution in [0.15, 0.2) is 24.3 Å². The van der Waals surface area contributed by atoms with Gasteiger partial charge in [-0.05, 0) is 0 Å². The quantitative estimate of drug-likeness (QED) is 0.796. The average Bonchev–Trinajstić information content (AvgIpc) is 2.31. The van der Waals surface area contributed by atoms with Gasteiger partial charge in [0.15, 0.2) is 0 Å². The number of nitrogens with one attached hydrogen (secondary N) is 1. The Hall–Kier alpha value is -1.33. The minimum absolute atomic E-state index is 0. The topological polar surface area (TPSA) is 89.1 Å². The molecule has 0 aliphatic heterocycles. The van der Waals surface area contributed by atoms with Crippen LogP contribution in [0.3, 0.4) is 0 Å². The SMILES string of the molecule is [B+2]c1ccc(C(=O)NC2CCCCC2)cc1.[OH-].[OH-]. The number of carbonyl (C=O) groups is 1. The van der Waals surface area contributed by atoms with Crippen molar-refractivity contribution >= 4 is 19.2 Å². The Balaban J connectivity index is 0.00000144. The van der Waals surface area contributed by atoms with Gasteiger partial charge in [-0.25, -0.2) is 0 Å². The second-order valence-corrected chi connectivity index (χ2v) is 4.43. The molecule has 2 rings (SSSR count). The summed E-state index contributed by atoms with van der Waals surface area (Å²) >= 11 is 0. The summed E-state index contributed by atoms with van der Waals surface area (Å²) in [6.07, 6.45) is 5.98. The molecule has 18 heavy (non-hydrogen) atoms. The first-order chi connectivity index (χ1) is 7.75. The largest absolute Gasteiger partial charge is 0.870 e. The zero-order valence-electron chi connectivity index (χ0n) is 10.3. The Morgan fingerprint density at radius 3 is 2.17 bits per heavy atom. The third-order valence-corrected chi connectivity index (χ3v) is 3.11. The number of hydrogen-bond acceptors (Lipinski definition) is 3. The summed E-state index contributed by atoms with van der Waals surface area (Å²) in [5, 5.41) is 3.07. The summed E-state index contributed by atoms with van der Waals surface area (Å²) in [5.74, 6) is 0.0203. The summed E-state index contributed by atoms with van der Waals surface area (Å²) in [6, 6.07) is 7.42. The van der Waals surface area contributed by atoms with Gasteiger partial charge >= 0.3 is 97.3 Å². The van der Waals surface area contributed by atoms with Crippen molar-refractivity contribution in [2.24, 2.45) is 0 Å². The van der Waals surface area contributed by atoms with Crippen LogP contribution >= 0.6 is 0 Å². The van der Waals surface area contributed by atoms with Crippen molar-refractivity contribution in [1.29, 1.82) is 0 Å². The van der Waals surface area contributed by atoms with E-state index >= 15 is 0 Å². The van der Waals surface area contributed by atoms with Crippen LogP contribution in [-0.2, 0) is 0 Å². The van der Waals surface area contributed by atoms with Gasteiger partial charge in [-0.1, -0.05) is 0 Å². The van der Waals surface area contributed by atoms with Crippen LogP contribution in [0.4, 0.5) is 0 Å². The van der Waals surface area contributed by atoms with Crippen molar-refractivity contribution in [3.05, 3.63) is 29.8 Å². The molecule has 1 aliphatic rings. The van der Waals surface area contributed by atoms with Gasteiger partial charge in [-0.3, -0.25) is 0 Å². The monoisotopic (exact) mass is 247 g/mol. The van der Waals surface area contributed by atoms with E-state index in [4.69, 9.17) is 7.85 Å². The first kappa shape index (κ1) is 16.7. The molecule has 1 amide bonds. The van der Waals surface area contributed by atoms with Crippen molar-refractivity contribution in [2.75, 3.05) is 0 Å². The molecule has 1 aliphatic carbocycles. The predicted octanol–water partition coefficient (Wildman–Crippen LogP) is 1.19. The van der Waals surface area contributed by atoms with Crippen molar-refractivity contribution in [3.63, 3.8) is 0 Å². The maximum Gasteiger partial charge on any atom is -0.870 e. The summed E-state index contributed by atoms with van der Waals surface area (Å²) < 4.78 is 0. The molecule has 0 saturated heterocycles. The average molecular weight is 247 g/mol. The van der Waals surface area contributed by atoms with Crippen LogP contribution in [0, 0.1) is 0 Å². The Morgan fingerprint density at radius 2 is 1.61 bits per heavy atom. The van der Waals surface area contributed by atoms with E-state index in [0.717, 1.165) is 12.8 Å². The summed E-state index contributed by atoms with van der Waals surface area (Å²) in [5.41, 5.74) is 1.38. The minimum Gasteiger partial charge on any atom is -0.870 e. The number of rotatable bonds is 2. The second-order valence-electron chi connectivity index (χ2n) is 4.43. The number of benzene rings is 1. The van der Waals surface area contributed by atoms with E-state index in [1.165, 1.54) is 19.3 Å². The molecular formula is C13H18BNO3. The van der Waals surface area contributed by atoms with E-state index in [9.17, 15) is 4.79 Å². The van der Waals surface area contributed by atoms with Crippen LogP contribution in [-0.4, -0.2) is 30.7 Å². The zero-order chi connectivity index (χ0) is 11.4. The molecule has 4 nitrogen and oxygen atoms in total. The van der Waals surface area contributed by atoms with Gasteiger partial charge < -0.3 is 11.0 Å². The molecule has 96 valence electrons. The number of hydrogen-bond donors (Lipinski definition) is 1. The molecule has 1 fully saturated rings. The molecular weight excluding hydrogens is 229 g/mol. The molecule has 0 atom stereocenters. The molecule has 1 aromatic carbocycles. The molecule has 0 unspecified atom stereocenters. The fraction of sp³-hybridized carbons (Fsp3) is 0.462. The molecule has 1 aromatic rings. The molecule has 0 spiro atoms. The fourth-order valence-electron chi connectivity index (χ4n) is 2.15. The fourth-order valence-corrected chi connectivity index (χ4v) is 2.15. The van der Waals surface area contributed by atoms with E-state index in [-0.39, 0.29) is 16.9 Å². The molecule has 3 N–H and O–H groups in total. The molecule has 0 radical (unpaired) electrons. The molecule has 5 heteroatoms. The van der Waals surface area contributed by atoms with Gasteiger partial charge in [0.1, 0.15) is 0 Å². The number of amides is 1. The second kappa shape index (κ2) is 7.90. The van der Waals surface area contributed by atoms with Gasteiger partial charge in [-0.2, -0.15) is 0 Å².